The van der Waals surface area contributed by atoms with Crippen LogP contribution in [-0.2, 0) is 16.1 Å². The molecule has 0 fully saturated rings. The fraction of sp³-hybridized carbons (Fsp3) is 0.333. The fourth-order valence-corrected chi connectivity index (χ4v) is 2.26. The van der Waals surface area contributed by atoms with Gasteiger partial charge in [0, 0.05) is 13.1 Å². The summed E-state index contributed by atoms with van der Waals surface area (Å²) in [6, 6.07) is 9.35. The van der Waals surface area contributed by atoms with Gasteiger partial charge in [0.1, 0.15) is 10.7 Å². The zero-order chi connectivity index (χ0) is 15.4. The van der Waals surface area contributed by atoms with Gasteiger partial charge in [-0.25, -0.2) is 0 Å². The summed E-state index contributed by atoms with van der Waals surface area (Å²) in [7, 11) is 3.86. The molecule has 1 heterocycles. The van der Waals surface area contributed by atoms with E-state index in [1.165, 1.54) is 0 Å². The minimum absolute atomic E-state index is 0.0327. The SMILES string of the molecule is CN(C)CCNC1=C(Cl)C(=O)N(Cc2ccccc2)C1=O. The molecule has 5 nitrogen and oxygen atoms in total. The number of amides is 2. The van der Waals surface area contributed by atoms with Crippen LogP contribution in [0.1, 0.15) is 5.56 Å². The van der Waals surface area contributed by atoms with Crippen LogP contribution in [0.4, 0.5) is 0 Å². The normalized spacial score (nSPS) is 15.3. The summed E-state index contributed by atoms with van der Waals surface area (Å²) >= 11 is 5.99. The van der Waals surface area contributed by atoms with Gasteiger partial charge in [-0.2, -0.15) is 0 Å². The van der Waals surface area contributed by atoms with Crippen LogP contribution in [0.2, 0.25) is 0 Å². The number of carbonyl (C=O) groups excluding carboxylic acids is 2. The molecule has 112 valence electrons. The highest BCUT2D eigenvalue weighted by Gasteiger charge is 2.37. The minimum Gasteiger partial charge on any atom is -0.378 e. The molecule has 0 saturated heterocycles. The van der Waals surface area contributed by atoms with Gasteiger partial charge < -0.3 is 10.2 Å². The molecule has 1 N–H and O–H groups in total. The van der Waals surface area contributed by atoms with Crippen molar-refractivity contribution in [1.29, 1.82) is 0 Å². The van der Waals surface area contributed by atoms with E-state index in [9.17, 15) is 9.59 Å². The molecule has 0 unspecified atom stereocenters. The Hall–Kier alpha value is -1.85. The molecule has 0 radical (unpaired) electrons. The van der Waals surface area contributed by atoms with Gasteiger partial charge in [0.2, 0.25) is 0 Å². The van der Waals surface area contributed by atoms with Gasteiger partial charge in [-0.15, -0.1) is 0 Å². The Bertz CT molecular complexity index is 570. The summed E-state index contributed by atoms with van der Waals surface area (Å²) in [6.07, 6.45) is 0. The van der Waals surface area contributed by atoms with Gasteiger partial charge in [-0.05, 0) is 19.7 Å². The van der Waals surface area contributed by atoms with Crippen LogP contribution in [0.15, 0.2) is 41.1 Å². The predicted molar refractivity (Wildman–Crippen MR) is 81.4 cm³/mol. The first-order valence-electron chi connectivity index (χ1n) is 6.69. The summed E-state index contributed by atoms with van der Waals surface area (Å²) in [5.41, 5.74) is 1.08. The summed E-state index contributed by atoms with van der Waals surface area (Å²) in [6.45, 7) is 1.53. The molecule has 21 heavy (non-hydrogen) atoms. The molecule has 1 aromatic rings. The molecule has 6 heteroatoms. The Morgan fingerprint density at radius 3 is 2.43 bits per heavy atom. The largest absolute Gasteiger partial charge is 0.378 e. The van der Waals surface area contributed by atoms with Gasteiger partial charge in [0.25, 0.3) is 11.8 Å². The van der Waals surface area contributed by atoms with Gasteiger partial charge in [-0.1, -0.05) is 41.9 Å². The zero-order valence-electron chi connectivity index (χ0n) is 12.1. The second kappa shape index (κ2) is 6.74. The van der Waals surface area contributed by atoms with Crippen molar-refractivity contribution in [3.63, 3.8) is 0 Å². The molecule has 0 saturated carbocycles. The molecule has 0 bridgehead atoms. The van der Waals surface area contributed by atoms with E-state index in [1.807, 2.05) is 49.3 Å². The number of carbonyl (C=O) groups is 2. The maximum absolute atomic E-state index is 12.3. The molecule has 0 atom stereocenters. The van der Waals surface area contributed by atoms with Crippen LogP contribution in [0.25, 0.3) is 0 Å². The van der Waals surface area contributed by atoms with E-state index in [4.69, 9.17) is 11.6 Å². The summed E-state index contributed by atoms with van der Waals surface area (Å²) < 4.78 is 0. The first-order valence-corrected chi connectivity index (χ1v) is 7.07. The van der Waals surface area contributed by atoms with Crippen LogP contribution in [-0.4, -0.2) is 48.8 Å². The van der Waals surface area contributed by atoms with Crippen molar-refractivity contribution in [1.82, 2.24) is 15.1 Å². The molecule has 0 aromatic heterocycles. The van der Waals surface area contributed by atoms with Crippen molar-refractivity contribution in [2.24, 2.45) is 0 Å². The van der Waals surface area contributed by atoms with Crippen molar-refractivity contribution in [3.8, 4) is 0 Å². The number of imide groups is 1. The van der Waals surface area contributed by atoms with E-state index in [0.29, 0.717) is 6.54 Å². The summed E-state index contributed by atoms with van der Waals surface area (Å²) in [5.74, 6) is -0.814. The van der Waals surface area contributed by atoms with Gasteiger partial charge in [0.15, 0.2) is 0 Å². The maximum atomic E-state index is 12.3. The second-order valence-electron chi connectivity index (χ2n) is 5.10. The van der Waals surface area contributed by atoms with Crippen LogP contribution >= 0.6 is 11.6 Å². The minimum atomic E-state index is -0.446. The van der Waals surface area contributed by atoms with E-state index < -0.39 is 5.91 Å². The van der Waals surface area contributed by atoms with Crippen LogP contribution in [0.3, 0.4) is 0 Å². The molecular formula is C15H18ClN3O2. The highest BCUT2D eigenvalue weighted by molar-refractivity contribution is 6.47. The number of halogens is 1. The molecule has 1 aromatic carbocycles. The lowest BCUT2D eigenvalue weighted by Gasteiger charge is -2.15. The van der Waals surface area contributed by atoms with E-state index in [-0.39, 0.29) is 23.2 Å². The maximum Gasteiger partial charge on any atom is 0.278 e. The number of likely N-dealkylation sites (N-methyl/N-ethyl adjacent to an activating group) is 1. The first kappa shape index (κ1) is 15.5. The molecule has 1 aliphatic heterocycles. The van der Waals surface area contributed by atoms with Gasteiger partial charge in [-0.3, -0.25) is 14.5 Å². The van der Waals surface area contributed by atoms with Crippen LogP contribution < -0.4 is 5.32 Å². The van der Waals surface area contributed by atoms with E-state index in [0.717, 1.165) is 17.0 Å². The first-order chi connectivity index (χ1) is 10.0. The number of nitrogens with zero attached hydrogens (tertiary/aromatic N) is 2. The smallest absolute Gasteiger partial charge is 0.278 e. The number of rotatable bonds is 6. The van der Waals surface area contributed by atoms with Crippen molar-refractivity contribution in [2.75, 3.05) is 27.2 Å². The molecule has 1 aliphatic rings. The predicted octanol–water partition coefficient (Wildman–Crippen LogP) is 1.16. The average Bonchev–Trinajstić information content (AvgIpc) is 2.65. The average molecular weight is 308 g/mol. The van der Waals surface area contributed by atoms with E-state index >= 15 is 0 Å². The topological polar surface area (TPSA) is 52.7 Å². The molecule has 2 amide bonds. The van der Waals surface area contributed by atoms with Crippen LogP contribution in [0, 0.1) is 0 Å². The van der Waals surface area contributed by atoms with Crippen molar-refractivity contribution in [2.45, 2.75) is 6.54 Å². The Labute approximate surface area is 129 Å². The molecule has 0 spiro atoms. The highest BCUT2D eigenvalue weighted by atomic mass is 35.5. The Balaban J connectivity index is 2.05. The lowest BCUT2D eigenvalue weighted by molar-refractivity contribution is -0.138. The monoisotopic (exact) mass is 307 g/mol. The Morgan fingerprint density at radius 2 is 1.81 bits per heavy atom. The van der Waals surface area contributed by atoms with Crippen molar-refractivity contribution in [3.05, 3.63) is 46.6 Å². The highest BCUT2D eigenvalue weighted by Crippen LogP contribution is 2.23. The summed E-state index contributed by atoms with van der Waals surface area (Å²) in [5, 5.41) is 2.92. The number of hydrogen-bond acceptors (Lipinski definition) is 4. The fourth-order valence-electron chi connectivity index (χ4n) is 2.01. The molecular weight excluding hydrogens is 290 g/mol. The summed E-state index contributed by atoms with van der Waals surface area (Å²) in [4.78, 5) is 27.5. The standard InChI is InChI=1S/C15H18ClN3O2/c1-18(2)9-8-17-13-12(16)14(20)19(15(13)21)10-11-6-4-3-5-7-11/h3-7,17H,8-10H2,1-2H3. The quantitative estimate of drug-likeness (QED) is 0.801. The number of nitrogens with one attached hydrogen (secondary N) is 1. The van der Waals surface area contributed by atoms with Crippen molar-refractivity contribution >= 4 is 23.4 Å². The van der Waals surface area contributed by atoms with E-state index in [2.05, 4.69) is 5.32 Å². The molecule has 2 rings (SSSR count). The van der Waals surface area contributed by atoms with Crippen molar-refractivity contribution < 1.29 is 9.59 Å². The third-order valence-corrected chi connectivity index (χ3v) is 3.51. The lowest BCUT2D eigenvalue weighted by atomic mass is 10.2. The van der Waals surface area contributed by atoms with E-state index in [1.54, 1.807) is 0 Å². The third-order valence-electron chi connectivity index (χ3n) is 3.16. The molecule has 0 aliphatic carbocycles. The Morgan fingerprint density at radius 1 is 1.14 bits per heavy atom. The lowest BCUT2D eigenvalue weighted by Crippen LogP contribution is -2.34. The Kier molecular flexibility index (Phi) is 4.98. The number of hydrogen-bond donors (Lipinski definition) is 1. The zero-order valence-corrected chi connectivity index (χ0v) is 12.9. The third kappa shape index (κ3) is 3.62. The van der Waals surface area contributed by atoms with Gasteiger partial charge >= 0.3 is 0 Å². The van der Waals surface area contributed by atoms with Crippen LogP contribution in [0.5, 0.6) is 0 Å². The number of benzene rings is 1. The van der Waals surface area contributed by atoms with Gasteiger partial charge in [0.05, 0.1) is 6.54 Å². The second-order valence-corrected chi connectivity index (χ2v) is 5.48.